The number of nitrogens with zero attached hydrogens (tertiary/aromatic N) is 1. The SMILES string of the molecule is CC(=O)O[C@@H]1[C@@H](OC(C)=O)[C@@H](Oc2cccc(-c3ccc(C)cn3)c2)SC[C@H]1OC(C)=O. The van der Waals surface area contributed by atoms with E-state index in [1.807, 2.05) is 37.3 Å². The minimum Gasteiger partial charge on any atom is -0.476 e. The van der Waals surface area contributed by atoms with Gasteiger partial charge in [0, 0.05) is 38.3 Å². The van der Waals surface area contributed by atoms with E-state index < -0.39 is 41.7 Å². The third-order valence-electron chi connectivity index (χ3n) is 4.60. The van der Waals surface area contributed by atoms with Crippen LogP contribution in [0.1, 0.15) is 26.3 Å². The van der Waals surface area contributed by atoms with Gasteiger partial charge in [0.05, 0.1) is 5.69 Å². The average Bonchev–Trinajstić information content (AvgIpc) is 2.72. The highest BCUT2D eigenvalue weighted by Gasteiger charge is 2.47. The van der Waals surface area contributed by atoms with Crippen LogP contribution in [0.15, 0.2) is 42.6 Å². The number of thioether (sulfide) groups is 1. The van der Waals surface area contributed by atoms with Gasteiger partial charge in [0.1, 0.15) is 5.75 Å². The van der Waals surface area contributed by atoms with Crippen molar-refractivity contribution in [2.24, 2.45) is 0 Å². The van der Waals surface area contributed by atoms with Crippen LogP contribution in [-0.2, 0) is 28.6 Å². The zero-order chi connectivity index (χ0) is 23.3. The standard InChI is InChI=1S/C23H25NO7S/c1-13-8-9-19(24-11-13)17-6-5-7-18(10-17)31-23-22(30-16(4)27)21(29-15(3)26)20(12-32-23)28-14(2)25/h5-11,20-23H,12H2,1-4H3/t20-,21+,22-,23+/m1/s1. The molecule has 0 spiro atoms. The van der Waals surface area contributed by atoms with Crippen molar-refractivity contribution in [3.8, 4) is 17.0 Å². The molecule has 1 aliphatic heterocycles. The molecule has 1 aromatic heterocycles. The lowest BCUT2D eigenvalue weighted by Crippen LogP contribution is -2.55. The first-order valence-corrected chi connectivity index (χ1v) is 11.1. The molecule has 170 valence electrons. The zero-order valence-electron chi connectivity index (χ0n) is 18.3. The fraction of sp³-hybridized carbons (Fsp3) is 0.391. The summed E-state index contributed by atoms with van der Waals surface area (Å²) >= 11 is 1.31. The van der Waals surface area contributed by atoms with Crippen molar-refractivity contribution in [2.45, 2.75) is 51.4 Å². The van der Waals surface area contributed by atoms with Crippen LogP contribution >= 0.6 is 11.8 Å². The summed E-state index contributed by atoms with van der Waals surface area (Å²) < 4.78 is 22.3. The molecule has 2 heterocycles. The Kier molecular flexibility index (Phi) is 7.74. The van der Waals surface area contributed by atoms with Gasteiger partial charge in [0.15, 0.2) is 23.7 Å². The van der Waals surface area contributed by atoms with Crippen molar-refractivity contribution >= 4 is 29.7 Å². The maximum absolute atomic E-state index is 11.8. The predicted molar refractivity (Wildman–Crippen MR) is 118 cm³/mol. The Hall–Kier alpha value is -3.07. The van der Waals surface area contributed by atoms with Gasteiger partial charge < -0.3 is 18.9 Å². The number of aromatic nitrogens is 1. The van der Waals surface area contributed by atoms with Crippen molar-refractivity contribution in [3.05, 3.63) is 48.2 Å². The molecule has 2 aromatic rings. The van der Waals surface area contributed by atoms with Gasteiger partial charge in [-0.2, -0.15) is 0 Å². The monoisotopic (exact) mass is 459 g/mol. The molecule has 9 heteroatoms. The molecule has 4 atom stereocenters. The van der Waals surface area contributed by atoms with Gasteiger partial charge in [-0.15, -0.1) is 11.8 Å². The van der Waals surface area contributed by atoms with Crippen LogP contribution in [0.5, 0.6) is 5.75 Å². The van der Waals surface area contributed by atoms with Crippen LogP contribution in [-0.4, -0.2) is 52.4 Å². The van der Waals surface area contributed by atoms with Crippen molar-refractivity contribution in [1.82, 2.24) is 4.98 Å². The van der Waals surface area contributed by atoms with E-state index in [0.29, 0.717) is 11.5 Å². The topological polar surface area (TPSA) is 101 Å². The molecule has 0 radical (unpaired) electrons. The number of ether oxygens (including phenoxy) is 4. The van der Waals surface area contributed by atoms with Crippen molar-refractivity contribution in [2.75, 3.05) is 5.75 Å². The number of esters is 3. The molecule has 0 amide bonds. The summed E-state index contributed by atoms with van der Waals surface area (Å²) in [7, 11) is 0. The van der Waals surface area contributed by atoms with Crippen LogP contribution in [0.2, 0.25) is 0 Å². The molecule has 8 nitrogen and oxygen atoms in total. The van der Waals surface area contributed by atoms with E-state index in [9.17, 15) is 14.4 Å². The summed E-state index contributed by atoms with van der Waals surface area (Å²) in [6.45, 7) is 5.73. The Morgan fingerprint density at radius 2 is 1.62 bits per heavy atom. The molecule has 0 unspecified atom stereocenters. The number of hydrogen-bond donors (Lipinski definition) is 0. The molecule has 1 aromatic carbocycles. The second-order valence-corrected chi connectivity index (χ2v) is 8.50. The van der Waals surface area contributed by atoms with Crippen LogP contribution in [0.25, 0.3) is 11.3 Å². The molecule has 0 aliphatic carbocycles. The first-order valence-electron chi connectivity index (χ1n) is 10.1. The lowest BCUT2D eigenvalue weighted by Gasteiger charge is -2.39. The Bertz CT molecular complexity index is 979. The quantitative estimate of drug-likeness (QED) is 0.476. The maximum atomic E-state index is 11.8. The highest BCUT2D eigenvalue weighted by Crippen LogP contribution is 2.35. The first kappa shape index (κ1) is 23.6. The molecule has 0 bridgehead atoms. The highest BCUT2D eigenvalue weighted by atomic mass is 32.2. The van der Waals surface area contributed by atoms with E-state index in [4.69, 9.17) is 18.9 Å². The number of pyridine rings is 1. The van der Waals surface area contributed by atoms with E-state index in [1.165, 1.54) is 32.5 Å². The second kappa shape index (κ2) is 10.5. The van der Waals surface area contributed by atoms with E-state index in [1.54, 1.807) is 12.3 Å². The summed E-state index contributed by atoms with van der Waals surface area (Å²) in [5.74, 6) is -0.831. The number of rotatable bonds is 6. The summed E-state index contributed by atoms with van der Waals surface area (Å²) in [6.07, 6.45) is -0.946. The molecule has 3 rings (SSSR count). The molecule has 0 saturated carbocycles. The smallest absolute Gasteiger partial charge is 0.303 e. The van der Waals surface area contributed by atoms with Crippen molar-refractivity contribution in [1.29, 1.82) is 0 Å². The maximum Gasteiger partial charge on any atom is 0.303 e. The third kappa shape index (κ3) is 6.23. The van der Waals surface area contributed by atoms with Crippen LogP contribution in [0, 0.1) is 6.92 Å². The number of hydrogen-bond acceptors (Lipinski definition) is 9. The molecule has 1 aliphatic rings. The summed E-state index contributed by atoms with van der Waals surface area (Å²) in [5, 5.41) is 0. The lowest BCUT2D eigenvalue weighted by molar-refractivity contribution is -0.186. The Labute approximate surface area is 190 Å². The van der Waals surface area contributed by atoms with E-state index >= 15 is 0 Å². The first-order chi connectivity index (χ1) is 15.2. The van der Waals surface area contributed by atoms with Gasteiger partial charge >= 0.3 is 17.9 Å². The number of benzene rings is 1. The van der Waals surface area contributed by atoms with Crippen molar-refractivity contribution < 1.29 is 33.3 Å². The predicted octanol–water partition coefficient (Wildman–Crippen LogP) is 3.30. The van der Waals surface area contributed by atoms with E-state index in [0.717, 1.165) is 16.8 Å². The average molecular weight is 460 g/mol. The molecule has 32 heavy (non-hydrogen) atoms. The van der Waals surface area contributed by atoms with Crippen LogP contribution in [0.4, 0.5) is 0 Å². The van der Waals surface area contributed by atoms with E-state index in [2.05, 4.69) is 4.98 Å². The number of carbonyl (C=O) groups is 3. The molecule has 0 N–H and O–H groups in total. The molecular weight excluding hydrogens is 434 g/mol. The zero-order valence-corrected chi connectivity index (χ0v) is 19.1. The Morgan fingerprint density at radius 3 is 2.25 bits per heavy atom. The van der Waals surface area contributed by atoms with Gasteiger partial charge in [-0.25, -0.2) is 0 Å². The van der Waals surface area contributed by atoms with Crippen LogP contribution < -0.4 is 4.74 Å². The fourth-order valence-electron chi connectivity index (χ4n) is 3.31. The number of carbonyl (C=O) groups excluding carboxylic acids is 3. The van der Waals surface area contributed by atoms with Gasteiger partial charge in [0.25, 0.3) is 0 Å². The largest absolute Gasteiger partial charge is 0.476 e. The minimum absolute atomic E-state index is 0.305. The highest BCUT2D eigenvalue weighted by molar-refractivity contribution is 7.99. The van der Waals surface area contributed by atoms with Crippen LogP contribution in [0.3, 0.4) is 0 Å². The van der Waals surface area contributed by atoms with E-state index in [-0.39, 0.29) is 0 Å². The molecular formula is C23H25NO7S. The van der Waals surface area contributed by atoms with Gasteiger partial charge in [-0.3, -0.25) is 19.4 Å². The summed E-state index contributed by atoms with van der Waals surface area (Å²) in [6, 6.07) is 11.3. The normalized spacial score (nSPS) is 22.5. The molecule has 1 fully saturated rings. The summed E-state index contributed by atoms with van der Waals surface area (Å²) in [4.78, 5) is 39.5. The van der Waals surface area contributed by atoms with Gasteiger partial charge in [-0.05, 0) is 30.7 Å². The van der Waals surface area contributed by atoms with Crippen molar-refractivity contribution in [3.63, 3.8) is 0 Å². The Balaban J connectivity index is 1.86. The summed E-state index contributed by atoms with van der Waals surface area (Å²) in [5.41, 5.74) is 2.03. The van der Waals surface area contributed by atoms with Gasteiger partial charge in [-0.1, -0.05) is 18.2 Å². The number of aryl methyl sites for hydroxylation is 1. The van der Waals surface area contributed by atoms with Gasteiger partial charge in [0.2, 0.25) is 0 Å². The second-order valence-electron chi connectivity index (χ2n) is 7.36. The lowest BCUT2D eigenvalue weighted by atomic mass is 10.1. The third-order valence-corrected chi connectivity index (χ3v) is 5.81. The minimum atomic E-state index is -0.992. The molecule has 1 saturated heterocycles. The fourth-order valence-corrected chi connectivity index (χ4v) is 4.53. The Morgan fingerprint density at radius 1 is 0.938 bits per heavy atom.